The molecule has 3 aliphatic heterocycles. The zero-order chi connectivity index (χ0) is 23.4. The van der Waals surface area contributed by atoms with E-state index >= 15 is 0 Å². The van der Waals surface area contributed by atoms with Crippen LogP contribution in [0.4, 0.5) is 15.8 Å². The number of amides is 2. The minimum absolute atomic E-state index is 0.122. The number of carbonyl (C=O) groups excluding carboxylic acids is 3. The van der Waals surface area contributed by atoms with Crippen LogP contribution in [-0.4, -0.2) is 45.8 Å². The first-order valence-electron chi connectivity index (χ1n) is 10.2. The Morgan fingerprint density at radius 1 is 1.09 bits per heavy atom. The monoisotopic (exact) mass is 448 g/mol. The van der Waals surface area contributed by atoms with E-state index in [2.05, 4.69) is 5.10 Å². The number of rotatable bonds is 4. The summed E-state index contributed by atoms with van der Waals surface area (Å²) in [5, 5.41) is 17.0. The van der Waals surface area contributed by atoms with Gasteiger partial charge in [0.25, 0.3) is 5.69 Å². The predicted octanol–water partition coefficient (Wildman–Crippen LogP) is 2.64. The summed E-state index contributed by atoms with van der Waals surface area (Å²) in [5.74, 6) is -4.06. The van der Waals surface area contributed by atoms with E-state index in [1.807, 2.05) is 0 Å². The van der Waals surface area contributed by atoms with Crippen LogP contribution in [0.5, 0.6) is 0 Å². The largest absolute Gasteiger partial charge is 0.292 e. The Hall–Kier alpha value is -4.21. The average molecular weight is 448 g/mol. The Bertz CT molecular complexity index is 1270. The van der Waals surface area contributed by atoms with Gasteiger partial charge >= 0.3 is 0 Å². The predicted molar refractivity (Wildman–Crippen MR) is 115 cm³/mol. The molecule has 0 unspecified atom stereocenters. The number of halogens is 1. The second kappa shape index (κ2) is 7.44. The highest BCUT2D eigenvalue weighted by atomic mass is 19.1. The van der Waals surface area contributed by atoms with Crippen LogP contribution in [0.1, 0.15) is 15.9 Å². The lowest BCUT2D eigenvalue weighted by Gasteiger charge is -2.30. The van der Waals surface area contributed by atoms with Crippen molar-refractivity contribution in [3.63, 3.8) is 0 Å². The summed E-state index contributed by atoms with van der Waals surface area (Å²) in [6.07, 6.45) is 4.82. The van der Waals surface area contributed by atoms with Crippen molar-refractivity contribution >= 4 is 35.2 Å². The number of benzene rings is 2. The second-order valence-electron chi connectivity index (χ2n) is 8.13. The third kappa shape index (κ3) is 3.05. The van der Waals surface area contributed by atoms with Gasteiger partial charge in [-0.05, 0) is 42.8 Å². The molecule has 0 aromatic heterocycles. The third-order valence-corrected chi connectivity index (χ3v) is 6.33. The van der Waals surface area contributed by atoms with Crippen LogP contribution in [0.15, 0.2) is 59.7 Å². The Labute approximate surface area is 186 Å². The summed E-state index contributed by atoms with van der Waals surface area (Å²) in [5.41, 5.74) is 0.570. The number of aryl methyl sites for hydroxylation is 1. The number of carbonyl (C=O) groups is 3. The van der Waals surface area contributed by atoms with Crippen molar-refractivity contribution in [2.24, 2.45) is 16.9 Å². The molecule has 2 aromatic rings. The molecule has 4 atom stereocenters. The fraction of sp³-hybridized carbons (Fsp3) is 0.217. The zero-order valence-electron chi connectivity index (χ0n) is 17.3. The first kappa shape index (κ1) is 20.7. The Kier molecular flexibility index (Phi) is 4.66. The van der Waals surface area contributed by atoms with Crippen LogP contribution in [0.25, 0.3) is 0 Å². The SMILES string of the molecule is Cc1ccc([N+](=O)[O-])cc1N1C(=O)[C@@H]2[C@H](C1=O)[C@H]1C=CC=NN1[C@@H]2C(=O)c1ccc(F)cc1. The van der Waals surface area contributed by atoms with Gasteiger partial charge in [-0.3, -0.25) is 29.5 Å². The van der Waals surface area contributed by atoms with Crippen molar-refractivity contribution in [3.05, 3.63) is 81.7 Å². The van der Waals surface area contributed by atoms with Crippen molar-refractivity contribution in [2.45, 2.75) is 19.0 Å². The van der Waals surface area contributed by atoms with Crippen molar-refractivity contribution in [1.29, 1.82) is 0 Å². The van der Waals surface area contributed by atoms with Gasteiger partial charge in [-0.2, -0.15) is 5.10 Å². The van der Waals surface area contributed by atoms with Gasteiger partial charge in [0.15, 0.2) is 5.78 Å². The summed E-state index contributed by atoms with van der Waals surface area (Å²) < 4.78 is 13.4. The first-order chi connectivity index (χ1) is 15.8. The molecule has 5 rings (SSSR count). The lowest BCUT2D eigenvalue weighted by Crippen LogP contribution is -2.46. The number of nitrogens with zero attached hydrogens (tertiary/aromatic N) is 4. The van der Waals surface area contributed by atoms with Crippen LogP contribution in [0.3, 0.4) is 0 Å². The molecule has 0 bridgehead atoms. The number of hydrogen-bond donors (Lipinski definition) is 0. The molecule has 10 heteroatoms. The van der Waals surface area contributed by atoms with Gasteiger partial charge in [-0.1, -0.05) is 12.1 Å². The standard InChI is InChI=1S/C23H17FN4O5/c1-12-4-9-15(28(32)33)11-17(12)26-22(30)18-16-3-2-10-25-27(16)20(19(18)23(26)31)21(29)13-5-7-14(24)8-6-13/h2-11,16,18-20H,1H3/t16-,18-,19-,20+/m1/s1. The molecule has 0 N–H and O–H groups in total. The molecule has 2 amide bonds. The van der Waals surface area contributed by atoms with Crippen molar-refractivity contribution < 1.29 is 23.7 Å². The molecular weight excluding hydrogens is 431 g/mol. The minimum atomic E-state index is -1.08. The highest BCUT2D eigenvalue weighted by Gasteiger charge is 2.64. The van der Waals surface area contributed by atoms with Crippen molar-refractivity contribution in [2.75, 3.05) is 4.90 Å². The maximum absolute atomic E-state index is 13.6. The van der Waals surface area contributed by atoms with Gasteiger partial charge in [0.1, 0.15) is 11.9 Å². The van der Waals surface area contributed by atoms with E-state index in [-0.39, 0.29) is 16.9 Å². The number of non-ortho nitro benzene ring substituents is 1. The van der Waals surface area contributed by atoms with Gasteiger partial charge in [0.2, 0.25) is 11.8 Å². The number of Topliss-reactive ketones (excluding diaryl/α,β-unsaturated/α-hetero) is 1. The fourth-order valence-electron chi connectivity index (χ4n) is 4.81. The number of nitro benzene ring substituents is 1. The molecule has 9 nitrogen and oxygen atoms in total. The third-order valence-electron chi connectivity index (χ3n) is 6.33. The Balaban J connectivity index is 1.59. The van der Waals surface area contributed by atoms with E-state index in [1.165, 1.54) is 41.6 Å². The number of fused-ring (bicyclic) bond motifs is 3. The highest BCUT2D eigenvalue weighted by molar-refractivity contribution is 6.25. The number of ketones is 1. The number of nitro groups is 1. The van der Waals surface area contributed by atoms with E-state index in [4.69, 9.17) is 0 Å². The molecule has 166 valence electrons. The molecular formula is C23H17FN4O5. The Morgan fingerprint density at radius 3 is 2.48 bits per heavy atom. The molecule has 2 aromatic carbocycles. The van der Waals surface area contributed by atoms with Gasteiger partial charge in [-0.15, -0.1) is 0 Å². The highest BCUT2D eigenvalue weighted by Crippen LogP contribution is 2.47. The van der Waals surface area contributed by atoms with Crippen LogP contribution >= 0.6 is 0 Å². The molecule has 0 radical (unpaired) electrons. The van der Waals surface area contributed by atoms with E-state index in [0.717, 1.165) is 17.0 Å². The van der Waals surface area contributed by atoms with Crippen LogP contribution in [0.2, 0.25) is 0 Å². The topological polar surface area (TPSA) is 113 Å². The van der Waals surface area contributed by atoms with E-state index in [0.29, 0.717) is 5.56 Å². The molecule has 0 aliphatic carbocycles. The first-order valence-corrected chi connectivity index (χ1v) is 10.2. The normalized spacial score (nSPS) is 25.4. The summed E-state index contributed by atoms with van der Waals surface area (Å²) in [4.78, 5) is 52.1. The van der Waals surface area contributed by atoms with E-state index in [1.54, 1.807) is 19.1 Å². The average Bonchev–Trinajstić information content (AvgIpc) is 3.27. The summed E-state index contributed by atoms with van der Waals surface area (Å²) >= 11 is 0. The maximum atomic E-state index is 13.6. The number of imide groups is 1. The van der Waals surface area contributed by atoms with Crippen molar-refractivity contribution in [3.8, 4) is 0 Å². The quantitative estimate of drug-likeness (QED) is 0.308. The second-order valence-corrected chi connectivity index (χ2v) is 8.13. The van der Waals surface area contributed by atoms with Crippen LogP contribution in [-0.2, 0) is 9.59 Å². The lowest BCUT2D eigenvalue weighted by atomic mass is 9.86. The van der Waals surface area contributed by atoms with E-state index < -0.39 is 52.3 Å². The maximum Gasteiger partial charge on any atom is 0.271 e. The smallest absolute Gasteiger partial charge is 0.271 e. The molecule has 0 spiro atoms. The minimum Gasteiger partial charge on any atom is -0.292 e. The number of hydrogen-bond acceptors (Lipinski definition) is 7. The van der Waals surface area contributed by atoms with Crippen LogP contribution < -0.4 is 4.90 Å². The zero-order valence-corrected chi connectivity index (χ0v) is 17.3. The van der Waals surface area contributed by atoms with Gasteiger partial charge < -0.3 is 0 Å². The van der Waals surface area contributed by atoms with Gasteiger partial charge in [0, 0.05) is 23.9 Å². The molecule has 3 aliphatic rings. The molecule has 3 heterocycles. The number of anilines is 1. The van der Waals surface area contributed by atoms with Gasteiger partial charge in [0.05, 0.1) is 28.5 Å². The number of allylic oxidation sites excluding steroid dienone is 1. The molecule has 33 heavy (non-hydrogen) atoms. The molecule has 2 saturated heterocycles. The Morgan fingerprint density at radius 2 is 1.79 bits per heavy atom. The molecule has 2 fully saturated rings. The van der Waals surface area contributed by atoms with Gasteiger partial charge in [-0.25, -0.2) is 9.29 Å². The lowest BCUT2D eigenvalue weighted by molar-refractivity contribution is -0.384. The fourth-order valence-corrected chi connectivity index (χ4v) is 4.81. The summed E-state index contributed by atoms with van der Waals surface area (Å²) in [6, 6.07) is 7.21. The van der Waals surface area contributed by atoms with Crippen molar-refractivity contribution in [1.82, 2.24) is 5.01 Å². The van der Waals surface area contributed by atoms with E-state index in [9.17, 15) is 28.9 Å². The summed E-state index contributed by atoms with van der Waals surface area (Å²) in [6.45, 7) is 1.64. The summed E-state index contributed by atoms with van der Waals surface area (Å²) in [7, 11) is 0. The van der Waals surface area contributed by atoms with Crippen LogP contribution in [0, 0.1) is 34.7 Å². The number of hydrazone groups is 1. The molecule has 0 saturated carbocycles.